The highest BCUT2D eigenvalue weighted by Gasteiger charge is 2.40. The fourth-order valence-electron chi connectivity index (χ4n) is 2.44. The smallest absolute Gasteiger partial charge is 0.335 e. The number of aliphatic carboxylic acids is 1. The number of carboxylic acids is 1. The van der Waals surface area contributed by atoms with E-state index in [1.165, 1.54) is 4.90 Å². The molecule has 1 amide bonds. The minimum atomic E-state index is -1.05. The molecule has 1 heterocycles. The van der Waals surface area contributed by atoms with E-state index in [2.05, 4.69) is 0 Å². The molecular weight excluding hydrogens is 246 g/mol. The molecule has 0 spiro atoms. The Kier molecular flexibility index (Phi) is 3.85. The molecule has 5 heteroatoms. The Labute approximate surface area is 111 Å². The highest BCUT2D eigenvalue weighted by Crippen LogP contribution is 2.31. The molecule has 0 radical (unpaired) electrons. The topological polar surface area (TPSA) is 66.8 Å². The highest BCUT2D eigenvalue weighted by atomic mass is 16.5. The maximum Gasteiger partial charge on any atom is 0.335 e. The molecule has 2 unspecified atom stereocenters. The van der Waals surface area contributed by atoms with E-state index < -0.39 is 18.1 Å². The van der Waals surface area contributed by atoms with Crippen LogP contribution < -0.4 is 0 Å². The molecule has 0 bridgehead atoms. The van der Waals surface area contributed by atoms with Crippen LogP contribution >= 0.6 is 0 Å². The van der Waals surface area contributed by atoms with Gasteiger partial charge in [-0.3, -0.25) is 4.79 Å². The number of morpholine rings is 1. The van der Waals surface area contributed by atoms with Crippen LogP contribution in [-0.2, 0) is 20.7 Å². The maximum absolute atomic E-state index is 11.8. The first-order valence-corrected chi connectivity index (χ1v) is 6.24. The lowest BCUT2D eigenvalue weighted by Crippen LogP contribution is -2.50. The van der Waals surface area contributed by atoms with Gasteiger partial charge in [-0.25, -0.2) is 4.79 Å². The molecule has 19 heavy (non-hydrogen) atoms. The third-order valence-corrected chi connectivity index (χ3v) is 3.48. The molecule has 1 aliphatic heterocycles. The third kappa shape index (κ3) is 2.46. The molecule has 0 aromatic heterocycles. The number of likely N-dealkylation sites (N-methyl/N-ethyl adjacent to an activating group) is 1. The van der Waals surface area contributed by atoms with Crippen molar-refractivity contribution >= 4 is 11.9 Å². The first kappa shape index (κ1) is 13.5. The lowest BCUT2D eigenvalue weighted by Gasteiger charge is -2.37. The second-order valence-corrected chi connectivity index (χ2v) is 4.57. The van der Waals surface area contributed by atoms with Crippen molar-refractivity contribution < 1.29 is 19.4 Å². The predicted octanol–water partition coefficient (Wildman–Crippen LogP) is 1.23. The van der Waals surface area contributed by atoms with Crippen molar-refractivity contribution in [2.45, 2.75) is 25.5 Å². The molecule has 1 aliphatic rings. The van der Waals surface area contributed by atoms with Crippen LogP contribution in [0.2, 0.25) is 0 Å². The summed E-state index contributed by atoms with van der Waals surface area (Å²) in [5.74, 6) is -1.25. The van der Waals surface area contributed by atoms with Gasteiger partial charge < -0.3 is 14.7 Å². The number of rotatable bonds is 3. The van der Waals surface area contributed by atoms with Crippen molar-refractivity contribution in [3.63, 3.8) is 0 Å². The Balaban J connectivity index is 2.46. The van der Waals surface area contributed by atoms with Gasteiger partial charge in [0.25, 0.3) is 0 Å². The van der Waals surface area contributed by atoms with Gasteiger partial charge in [-0.15, -0.1) is 0 Å². The first-order chi connectivity index (χ1) is 9.06. The average Bonchev–Trinajstić information content (AvgIpc) is 2.41. The third-order valence-electron chi connectivity index (χ3n) is 3.48. The Morgan fingerprint density at radius 2 is 2.16 bits per heavy atom. The number of hydrogen-bond donors (Lipinski definition) is 1. The van der Waals surface area contributed by atoms with Crippen molar-refractivity contribution in [1.82, 2.24) is 4.90 Å². The second-order valence-electron chi connectivity index (χ2n) is 4.57. The van der Waals surface area contributed by atoms with Crippen molar-refractivity contribution in [1.29, 1.82) is 0 Å². The molecule has 2 atom stereocenters. The number of carbonyl (C=O) groups is 2. The number of amides is 1. The zero-order chi connectivity index (χ0) is 14.0. The lowest BCUT2D eigenvalue weighted by molar-refractivity contribution is -0.171. The molecule has 1 aromatic carbocycles. The first-order valence-electron chi connectivity index (χ1n) is 6.24. The second kappa shape index (κ2) is 5.40. The highest BCUT2D eigenvalue weighted by molar-refractivity contribution is 5.82. The van der Waals surface area contributed by atoms with Gasteiger partial charge in [0, 0.05) is 7.05 Å². The molecule has 0 saturated carbocycles. The lowest BCUT2D eigenvalue weighted by atomic mass is 9.93. The number of aryl methyl sites for hydroxylation is 1. The van der Waals surface area contributed by atoms with Crippen molar-refractivity contribution in [2.75, 3.05) is 13.7 Å². The summed E-state index contributed by atoms with van der Waals surface area (Å²) in [6.45, 7) is 1.82. The molecule has 102 valence electrons. The molecule has 1 N–H and O–H groups in total. The van der Waals surface area contributed by atoms with Crippen LogP contribution in [0.15, 0.2) is 24.3 Å². The Bertz CT molecular complexity index is 500. The van der Waals surface area contributed by atoms with Crippen molar-refractivity contribution in [2.24, 2.45) is 0 Å². The monoisotopic (exact) mass is 263 g/mol. The summed E-state index contributed by atoms with van der Waals surface area (Å²) in [5.41, 5.74) is 1.87. The van der Waals surface area contributed by atoms with Crippen LogP contribution in [0.3, 0.4) is 0 Å². The number of hydrogen-bond acceptors (Lipinski definition) is 3. The Morgan fingerprint density at radius 3 is 2.79 bits per heavy atom. The molecule has 1 aromatic rings. The van der Waals surface area contributed by atoms with Gasteiger partial charge in [0.15, 0.2) is 6.10 Å². The summed E-state index contributed by atoms with van der Waals surface area (Å²) >= 11 is 0. The van der Waals surface area contributed by atoms with Crippen LogP contribution in [0.25, 0.3) is 0 Å². The normalized spacial score (nSPS) is 23.5. The number of benzene rings is 1. The van der Waals surface area contributed by atoms with Gasteiger partial charge in [0.05, 0.1) is 6.04 Å². The summed E-state index contributed by atoms with van der Waals surface area (Å²) < 4.78 is 5.20. The molecule has 5 nitrogen and oxygen atoms in total. The van der Waals surface area contributed by atoms with Gasteiger partial charge in [0.1, 0.15) is 6.61 Å². The fraction of sp³-hybridized carbons (Fsp3) is 0.429. The SMILES string of the molecule is CCc1ccccc1C1C(C(=O)O)OCC(=O)N1C. The summed E-state index contributed by atoms with van der Waals surface area (Å²) in [6, 6.07) is 6.98. The summed E-state index contributed by atoms with van der Waals surface area (Å²) in [6.07, 6.45) is -0.239. The van der Waals surface area contributed by atoms with E-state index in [0.717, 1.165) is 17.5 Å². The van der Waals surface area contributed by atoms with Gasteiger partial charge >= 0.3 is 5.97 Å². The van der Waals surface area contributed by atoms with Crippen LogP contribution in [0.1, 0.15) is 24.1 Å². The van der Waals surface area contributed by atoms with Gasteiger partial charge in [-0.2, -0.15) is 0 Å². The summed E-state index contributed by atoms with van der Waals surface area (Å²) in [5, 5.41) is 9.27. The van der Waals surface area contributed by atoms with E-state index in [1.54, 1.807) is 7.05 Å². The molecule has 1 fully saturated rings. The maximum atomic E-state index is 11.8. The van der Waals surface area contributed by atoms with Gasteiger partial charge in [-0.1, -0.05) is 31.2 Å². The Morgan fingerprint density at radius 1 is 1.47 bits per heavy atom. The van der Waals surface area contributed by atoms with E-state index in [4.69, 9.17) is 4.74 Å². The van der Waals surface area contributed by atoms with E-state index in [-0.39, 0.29) is 12.5 Å². The minimum absolute atomic E-state index is 0.182. The number of ether oxygens (including phenoxy) is 1. The van der Waals surface area contributed by atoms with Crippen LogP contribution in [-0.4, -0.2) is 41.6 Å². The standard InChI is InChI=1S/C14H17NO4/c1-3-9-6-4-5-7-10(9)12-13(14(17)18)19-8-11(16)15(12)2/h4-7,12-13H,3,8H2,1-2H3,(H,17,18). The average molecular weight is 263 g/mol. The van der Waals surface area contributed by atoms with E-state index in [1.807, 2.05) is 31.2 Å². The summed E-state index contributed by atoms with van der Waals surface area (Å²) in [7, 11) is 1.62. The quantitative estimate of drug-likeness (QED) is 0.890. The fourth-order valence-corrected chi connectivity index (χ4v) is 2.44. The van der Waals surface area contributed by atoms with Crippen LogP contribution in [0.5, 0.6) is 0 Å². The number of carbonyl (C=O) groups excluding carboxylic acids is 1. The Hall–Kier alpha value is -1.88. The van der Waals surface area contributed by atoms with Crippen molar-refractivity contribution in [3.05, 3.63) is 35.4 Å². The number of carboxylic acid groups (broad SMARTS) is 1. The van der Waals surface area contributed by atoms with Gasteiger partial charge in [-0.05, 0) is 17.5 Å². The zero-order valence-electron chi connectivity index (χ0n) is 11.0. The predicted molar refractivity (Wildman–Crippen MR) is 68.7 cm³/mol. The van der Waals surface area contributed by atoms with Crippen molar-refractivity contribution in [3.8, 4) is 0 Å². The molecule has 1 saturated heterocycles. The van der Waals surface area contributed by atoms with E-state index >= 15 is 0 Å². The zero-order valence-corrected chi connectivity index (χ0v) is 11.0. The number of nitrogens with zero attached hydrogens (tertiary/aromatic N) is 1. The minimum Gasteiger partial charge on any atom is -0.479 e. The van der Waals surface area contributed by atoms with E-state index in [9.17, 15) is 14.7 Å². The van der Waals surface area contributed by atoms with Crippen LogP contribution in [0.4, 0.5) is 0 Å². The van der Waals surface area contributed by atoms with E-state index in [0.29, 0.717) is 0 Å². The molecular formula is C14H17NO4. The summed E-state index contributed by atoms with van der Waals surface area (Å²) in [4.78, 5) is 24.5. The van der Waals surface area contributed by atoms with Gasteiger partial charge in [0.2, 0.25) is 5.91 Å². The van der Waals surface area contributed by atoms with Crippen LogP contribution in [0, 0.1) is 0 Å². The largest absolute Gasteiger partial charge is 0.479 e. The molecule has 0 aliphatic carbocycles. The molecule has 2 rings (SSSR count).